The third-order valence-corrected chi connectivity index (χ3v) is 2.41. The fraction of sp³-hybridized carbons (Fsp3) is 0.818. The number of carbonyl (C=O) groups excluding carboxylic acids is 2. The molecule has 0 rings (SSSR count). The van der Waals surface area contributed by atoms with Crippen molar-refractivity contribution in [2.45, 2.75) is 45.7 Å². The van der Waals surface area contributed by atoms with Crippen LogP contribution in [0.4, 0.5) is 0 Å². The van der Waals surface area contributed by atoms with Gasteiger partial charge in [0.1, 0.15) is 6.04 Å². The minimum absolute atomic E-state index is 0.0779. The van der Waals surface area contributed by atoms with E-state index in [2.05, 4.69) is 10.6 Å². The van der Waals surface area contributed by atoms with Gasteiger partial charge in [-0.15, -0.1) is 0 Å². The fourth-order valence-corrected chi connectivity index (χ4v) is 1.44. The molecule has 0 aromatic heterocycles. The number of hydrogen-bond acceptors (Lipinski definition) is 3. The van der Waals surface area contributed by atoms with Crippen LogP contribution in [0.2, 0.25) is 0 Å². The second-order valence-corrected chi connectivity index (χ2v) is 5.76. The van der Waals surface area contributed by atoms with Crippen LogP contribution in [0.1, 0.15) is 34.1 Å². The third kappa shape index (κ3) is 7.56. The van der Waals surface area contributed by atoms with Crippen LogP contribution in [0.5, 0.6) is 0 Å². The Balaban J connectivity index is 4.01. The smallest absolute Gasteiger partial charge is 0.242 e. The van der Waals surface area contributed by atoms with Crippen molar-refractivity contribution >= 4 is 23.6 Å². The van der Waals surface area contributed by atoms with Gasteiger partial charge in [0.2, 0.25) is 11.8 Å². The number of hydrogen-bond donors (Lipinski definition) is 2. The maximum atomic E-state index is 11.6. The van der Waals surface area contributed by atoms with Gasteiger partial charge in [0, 0.05) is 17.7 Å². The van der Waals surface area contributed by atoms with E-state index in [1.807, 2.05) is 27.0 Å². The highest BCUT2D eigenvalue weighted by atomic mass is 32.2. The Morgan fingerprint density at radius 1 is 1.31 bits per heavy atom. The van der Waals surface area contributed by atoms with E-state index in [9.17, 15) is 9.59 Å². The van der Waals surface area contributed by atoms with Gasteiger partial charge < -0.3 is 10.6 Å². The molecule has 4 nitrogen and oxygen atoms in total. The van der Waals surface area contributed by atoms with E-state index in [1.54, 1.807) is 18.7 Å². The number of thioether (sulfide) groups is 1. The van der Waals surface area contributed by atoms with Gasteiger partial charge in [-0.3, -0.25) is 9.59 Å². The molecule has 0 aliphatic heterocycles. The van der Waals surface area contributed by atoms with E-state index in [4.69, 9.17) is 0 Å². The lowest BCUT2D eigenvalue weighted by Gasteiger charge is -2.23. The Hall–Kier alpha value is -0.710. The third-order valence-electron chi connectivity index (χ3n) is 1.80. The molecule has 2 amide bonds. The minimum Gasteiger partial charge on any atom is -0.350 e. The molecule has 2 N–H and O–H groups in total. The Morgan fingerprint density at radius 2 is 1.88 bits per heavy atom. The number of amides is 2. The summed E-state index contributed by atoms with van der Waals surface area (Å²) < 4.78 is 0. The van der Waals surface area contributed by atoms with Crippen molar-refractivity contribution in [3.63, 3.8) is 0 Å². The summed E-state index contributed by atoms with van der Waals surface area (Å²) in [6.07, 6.45) is 2.40. The van der Waals surface area contributed by atoms with Crippen LogP contribution in [0.25, 0.3) is 0 Å². The van der Waals surface area contributed by atoms with Crippen molar-refractivity contribution in [1.82, 2.24) is 10.6 Å². The molecule has 0 aliphatic rings. The molecule has 0 aromatic rings. The van der Waals surface area contributed by atoms with Crippen LogP contribution in [0, 0.1) is 0 Å². The topological polar surface area (TPSA) is 58.2 Å². The van der Waals surface area contributed by atoms with Crippen LogP contribution in [-0.2, 0) is 9.59 Å². The molecule has 0 fully saturated rings. The second kappa shape index (κ2) is 6.78. The standard InChI is InChI=1S/C11H22N2O2S/c1-8(10(15)13-11(2,3)4)12-9(14)6-7-16-5/h8H,6-7H2,1-5H3,(H,12,14)(H,13,15). The van der Waals surface area contributed by atoms with Crippen molar-refractivity contribution in [1.29, 1.82) is 0 Å². The zero-order valence-electron chi connectivity index (χ0n) is 10.7. The predicted molar refractivity (Wildman–Crippen MR) is 68.5 cm³/mol. The Morgan fingerprint density at radius 3 is 2.31 bits per heavy atom. The molecule has 0 spiro atoms. The molecule has 5 heteroatoms. The number of rotatable bonds is 5. The second-order valence-electron chi connectivity index (χ2n) is 4.77. The molecular formula is C11H22N2O2S. The van der Waals surface area contributed by atoms with Gasteiger partial charge in [-0.2, -0.15) is 11.8 Å². The summed E-state index contributed by atoms with van der Waals surface area (Å²) in [7, 11) is 0. The Labute approximate surface area is 102 Å². The summed E-state index contributed by atoms with van der Waals surface area (Å²) in [6, 6.07) is -0.478. The number of carbonyl (C=O) groups is 2. The molecule has 1 atom stereocenters. The van der Waals surface area contributed by atoms with Crippen molar-refractivity contribution < 1.29 is 9.59 Å². The largest absolute Gasteiger partial charge is 0.350 e. The van der Waals surface area contributed by atoms with Crippen LogP contribution < -0.4 is 10.6 Å². The van der Waals surface area contributed by atoms with Crippen LogP contribution in [0.15, 0.2) is 0 Å². The average molecular weight is 246 g/mol. The molecular weight excluding hydrogens is 224 g/mol. The van der Waals surface area contributed by atoms with E-state index in [-0.39, 0.29) is 17.4 Å². The predicted octanol–water partition coefficient (Wildman–Crippen LogP) is 1.16. The summed E-state index contributed by atoms with van der Waals surface area (Å²) in [6.45, 7) is 7.42. The molecule has 94 valence electrons. The summed E-state index contributed by atoms with van der Waals surface area (Å²) in [5, 5.41) is 5.49. The van der Waals surface area contributed by atoms with Crippen molar-refractivity contribution in [3.8, 4) is 0 Å². The molecule has 0 saturated carbocycles. The molecule has 0 radical (unpaired) electrons. The van der Waals surface area contributed by atoms with Gasteiger partial charge in [0.05, 0.1) is 0 Å². The molecule has 0 aliphatic carbocycles. The summed E-state index contributed by atoms with van der Waals surface area (Å²) in [4.78, 5) is 23.0. The molecule has 0 saturated heterocycles. The molecule has 0 heterocycles. The molecule has 0 bridgehead atoms. The summed E-state index contributed by atoms with van der Waals surface area (Å²) in [5.74, 6) is 0.551. The quantitative estimate of drug-likeness (QED) is 0.765. The van der Waals surface area contributed by atoms with Crippen LogP contribution in [-0.4, -0.2) is 35.4 Å². The molecule has 0 aromatic carbocycles. The van der Waals surface area contributed by atoms with Crippen molar-refractivity contribution in [2.75, 3.05) is 12.0 Å². The average Bonchev–Trinajstić information content (AvgIpc) is 2.11. The van der Waals surface area contributed by atoms with Gasteiger partial charge in [-0.05, 0) is 34.0 Å². The van der Waals surface area contributed by atoms with Gasteiger partial charge in [0.15, 0.2) is 0 Å². The van der Waals surface area contributed by atoms with Crippen molar-refractivity contribution in [3.05, 3.63) is 0 Å². The Bertz CT molecular complexity index is 249. The highest BCUT2D eigenvalue weighted by Crippen LogP contribution is 2.00. The normalized spacial score (nSPS) is 13.1. The van der Waals surface area contributed by atoms with Crippen LogP contribution in [0.3, 0.4) is 0 Å². The van der Waals surface area contributed by atoms with Gasteiger partial charge in [0.25, 0.3) is 0 Å². The first-order valence-electron chi connectivity index (χ1n) is 5.36. The van der Waals surface area contributed by atoms with Crippen LogP contribution >= 0.6 is 11.8 Å². The lowest BCUT2D eigenvalue weighted by Crippen LogP contribution is -2.50. The van der Waals surface area contributed by atoms with Gasteiger partial charge in [-0.1, -0.05) is 0 Å². The zero-order valence-corrected chi connectivity index (χ0v) is 11.5. The van der Waals surface area contributed by atoms with Gasteiger partial charge in [-0.25, -0.2) is 0 Å². The lowest BCUT2D eigenvalue weighted by molar-refractivity contribution is -0.129. The monoisotopic (exact) mass is 246 g/mol. The van der Waals surface area contributed by atoms with E-state index < -0.39 is 6.04 Å². The van der Waals surface area contributed by atoms with E-state index in [0.29, 0.717) is 6.42 Å². The SMILES string of the molecule is CSCCC(=O)NC(C)C(=O)NC(C)(C)C. The van der Waals surface area contributed by atoms with E-state index in [1.165, 1.54) is 0 Å². The number of nitrogens with one attached hydrogen (secondary N) is 2. The first kappa shape index (κ1) is 15.3. The zero-order chi connectivity index (χ0) is 12.8. The fourth-order valence-electron chi connectivity index (χ4n) is 1.05. The molecule has 1 unspecified atom stereocenters. The minimum atomic E-state index is -0.478. The summed E-state index contributed by atoms with van der Waals surface area (Å²) in [5.41, 5.74) is -0.269. The van der Waals surface area contributed by atoms with E-state index in [0.717, 1.165) is 5.75 Å². The van der Waals surface area contributed by atoms with Gasteiger partial charge >= 0.3 is 0 Å². The molecule has 16 heavy (non-hydrogen) atoms. The highest BCUT2D eigenvalue weighted by molar-refractivity contribution is 7.98. The summed E-state index contributed by atoms with van der Waals surface area (Å²) >= 11 is 1.61. The highest BCUT2D eigenvalue weighted by Gasteiger charge is 2.20. The van der Waals surface area contributed by atoms with Crippen molar-refractivity contribution in [2.24, 2.45) is 0 Å². The van der Waals surface area contributed by atoms with E-state index >= 15 is 0 Å². The first-order valence-corrected chi connectivity index (χ1v) is 6.76. The Kier molecular flexibility index (Phi) is 6.48. The maximum Gasteiger partial charge on any atom is 0.242 e. The first-order chi connectivity index (χ1) is 7.26. The lowest BCUT2D eigenvalue weighted by atomic mass is 10.1. The maximum absolute atomic E-state index is 11.6.